The molecule has 1 atom stereocenters. The van der Waals surface area contributed by atoms with E-state index in [4.69, 9.17) is 4.74 Å². The number of morpholine rings is 1. The lowest BCUT2D eigenvalue weighted by atomic mass is 9.85. The van der Waals surface area contributed by atoms with Crippen molar-refractivity contribution in [2.75, 3.05) is 39.4 Å². The first-order chi connectivity index (χ1) is 16.7. The molecule has 2 heterocycles. The minimum absolute atomic E-state index is 0.0135. The third kappa shape index (κ3) is 5.49. The number of aryl methyl sites for hydroxylation is 1. The first-order valence-corrected chi connectivity index (χ1v) is 12.4. The van der Waals surface area contributed by atoms with Crippen molar-refractivity contribution in [1.29, 1.82) is 0 Å². The highest BCUT2D eigenvalue weighted by Gasteiger charge is 2.45. The first-order valence-electron chi connectivity index (χ1n) is 12.4. The number of rotatable bonds is 6. The van der Waals surface area contributed by atoms with Gasteiger partial charge in [-0.15, -0.1) is 0 Å². The molecule has 35 heavy (non-hydrogen) atoms. The van der Waals surface area contributed by atoms with Crippen LogP contribution >= 0.6 is 0 Å². The molecule has 0 aromatic heterocycles. The molecule has 2 aromatic carbocycles. The summed E-state index contributed by atoms with van der Waals surface area (Å²) in [4.78, 5) is 30.4. The number of carbonyl (C=O) groups excluding carboxylic acids is 2. The predicted molar refractivity (Wildman–Crippen MR) is 137 cm³/mol. The molecule has 2 saturated heterocycles. The number of ketones is 1. The Morgan fingerprint density at radius 3 is 2.20 bits per heavy atom. The summed E-state index contributed by atoms with van der Waals surface area (Å²) in [5.41, 5.74) is 3.74. The fraction of sp³-hybridized carbons (Fsp3) is 0.448. The highest BCUT2D eigenvalue weighted by Crippen LogP contribution is 2.40. The fourth-order valence-corrected chi connectivity index (χ4v) is 4.78. The van der Waals surface area contributed by atoms with Crippen LogP contribution in [0.2, 0.25) is 0 Å². The number of aliphatic hydroxyl groups excluding tert-OH is 1. The molecule has 2 fully saturated rings. The summed E-state index contributed by atoms with van der Waals surface area (Å²) in [6, 6.07) is 14.8. The zero-order chi connectivity index (χ0) is 25.2. The van der Waals surface area contributed by atoms with Gasteiger partial charge in [0.05, 0.1) is 24.8 Å². The largest absolute Gasteiger partial charge is 0.507 e. The van der Waals surface area contributed by atoms with E-state index < -0.39 is 17.7 Å². The van der Waals surface area contributed by atoms with Crippen molar-refractivity contribution in [2.24, 2.45) is 0 Å². The second kappa shape index (κ2) is 10.3. The minimum Gasteiger partial charge on any atom is -0.507 e. The number of likely N-dealkylation sites (tertiary alicyclic amines) is 1. The number of hydrogen-bond acceptors (Lipinski definition) is 5. The number of hydrogen-bond donors (Lipinski definition) is 1. The van der Waals surface area contributed by atoms with Crippen LogP contribution in [0, 0.1) is 6.92 Å². The van der Waals surface area contributed by atoms with Gasteiger partial charge >= 0.3 is 0 Å². The van der Waals surface area contributed by atoms with Crippen LogP contribution < -0.4 is 0 Å². The van der Waals surface area contributed by atoms with Crippen LogP contribution in [0.15, 0.2) is 54.1 Å². The molecule has 0 radical (unpaired) electrons. The topological polar surface area (TPSA) is 70.1 Å². The van der Waals surface area contributed by atoms with E-state index in [9.17, 15) is 14.7 Å². The zero-order valence-corrected chi connectivity index (χ0v) is 21.2. The van der Waals surface area contributed by atoms with Crippen LogP contribution in [0.25, 0.3) is 5.76 Å². The highest BCUT2D eigenvalue weighted by atomic mass is 16.5. The Labute approximate surface area is 208 Å². The third-order valence-electron chi connectivity index (χ3n) is 6.93. The Morgan fingerprint density at radius 1 is 0.971 bits per heavy atom. The van der Waals surface area contributed by atoms with E-state index in [0.29, 0.717) is 12.1 Å². The lowest BCUT2D eigenvalue weighted by molar-refractivity contribution is -0.140. The lowest BCUT2D eigenvalue weighted by Crippen LogP contribution is -2.39. The smallest absolute Gasteiger partial charge is 0.295 e. The molecule has 2 aliphatic rings. The molecule has 2 aliphatic heterocycles. The summed E-state index contributed by atoms with van der Waals surface area (Å²) in [5, 5.41) is 11.2. The normalized spacial score (nSPS) is 21.0. The van der Waals surface area contributed by atoms with Crippen molar-refractivity contribution >= 4 is 17.4 Å². The van der Waals surface area contributed by atoms with Gasteiger partial charge in [0.25, 0.3) is 11.7 Å². The molecule has 0 bridgehead atoms. The van der Waals surface area contributed by atoms with Gasteiger partial charge in [-0.25, -0.2) is 0 Å². The molecule has 6 heteroatoms. The van der Waals surface area contributed by atoms with Crippen LogP contribution in [0.3, 0.4) is 0 Å². The van der Waals surface area contributed by atoms with Crippen LogP contribution in [0.5, 0.6) is 0 Å². The summed E-state index contributed by atoms with van der Waals surface area (Å²) >= 11 is 0. The third-order valence-corrected chi connectivity index (χ3v) is 6.93. The summed E-state index contributed by atoms with van der Waals surface area (Å²) in [7, 11) is 0. The molecule has 6 nitrogen and oxygen atoms in total. The van der Waals surface area contributed by atoms with Crippen LogP contribution in [0.1, 0.15) is 55.5 Å². The number of Topliss-reactive ketones (excluding diaryl/α,β-unsaturated/α-hetero) is 1. The first kappa shape index (κ1) is 25.1. The SMILES string of the molecule is Cc1ccc(C(O)=C2C(=O)C(=O)N(CCCN3CCOCC3)[C@@H]2c2ccc(C(C)(C)C)cc2)cc1. The molecule has 4 rings (SSSR count). The second-order valence-corrected chi connectivity index (χ2v) is 10.5. The van der Waals surface area contributed by atoms with Crippen molar-refractivity contribution in [3.8, 4) is 0 Å². The molecule has 0 saturated carbocycles. The van der Waals surface area contributed by atoms with Gasteiger partial charge in [0.15, 0.2) is 0 Å². The van der Waals surface area contributed by atoms with Crippen molar-refractivity contribution in [1.82, 2.24) is 9.80 Å². The highest BCUT2D eigenvalue weighted by molar-refractivity contribution is 6.46. The fourth-order valence-electron chi connectivity index (χ4n) is 4.78. The summed E-state index contributed by atoms with van der Waals surface area (Å²) < 4.78 is 5.42. The number of aliphatic hydroxyl groups is 1. The Bertz CT molecular complexity index is 1090. The molecule has 1 N–H and O–H groups in total. The van der Waals surface area contributed by atoms with E-state index in [-0.39, 0.29) is 16.7 Å². The molecule has 0 aliphatic carbocycles. The van der Waals surface area contributed by atoms with Crippen LogP contribution in [-0.2, 0) is 19.7 Å². The molecule has 2 aromatic rings. The zero-order valence-electron chi connectivity index (χ0n) is 21.2. The van der Waals surface area contributed by atoms with Gasteiger partial charge in [0.2, 0.25) is 0 Å². The average molecular weight is 477 g/mol. The number of carbonyl (C=O) groups is 2. The molecule has 1 amide bonds. The van der Waals surface area contributed by atoms with Gasteiger partial charge in [-0.05, 0) is 29.9 Å². The van der Waals surface area contributed by atoms with E-state index >= 15 is 0 Å². The van der Waals surface area contributed by atoms with E-state index in [2.05, 4.69) is 37.8 Å². The molecular formula is C29H36N2O4. The van der Waals surface area contributed by atoms with Gasteiger partial charge in [-0.1, -0.05) is 74.9 Å². The molecule has 0 spiro atoms. The van der Waals surface area contributed by atoms with Crippen LogP contribution in [-0.4, -0.2) is 66.0 Å². The van der Waals surface area contributed by atoms with Crippen molar-refractivity contribution < 1.29 is 19.4 Å². The van der Waals surface area contributed by atoms with E-state index in [1.165, 1.54) is 5.56 Å². The Hall–Kier alpha value is -2.96. The summed E-state index contributed by atoms with van der Waals surface area (Å²) in [5.74, 6) is -1.30. The van der Waals surface area contributed by atoms with Crippen molar-refractivity contribution in [3.63, 3.8) is 0 Å². The Kier molecular flexibility index (Phi) is 7.43. The van der Waals surface area contributed by atoms with Crippen molar-refractivity contribution in [2.45, 2.75) is 45.6 Å². The summed E-state index contributed by atoms with van der Waals surface area (Å²) in [6.45, 7) is 12.9. The van der Waals surface area contributed by atoms with E-state index in [1.807, 2.05) is 31.2 Å². The maximum Gasteiger partial charge on any atom is 0.295 e. The standard InChI is InChI=1S/C29H36N2O4/c1-20-6-8-22(9-7-20)26(32)24-25(21-10-12-23(13-11-21)29(2,3)4)31(28(34)27(24)33)15-5-14-30-16-18-35-19-17-30/h6-13,25,32H,5,14-19H2,1-4H3/t25-/m1/s1. The monoisotopic (exact) mass is 476 g/mol. The van der Waals surface area contributed by atoms with E-state index in [1.54, 1.807) is 17.0 Å². The quantitative estimate of drug-likeness (QED) is 0.379. The van der Waals surface area contributed by atoms with Gasteiger partial charge in [0.1, 0.15) is 5.76 Å². The average Bonchev–Trinajstić information content (AvgIpc) is 3.09. The predicted octanol–water partition coefficient (Wildman–Crippen LogP) is 4.44. The van der Waals surface area contributed by atoms with Gasteiger partial charge in [0, 0.05) is 31.7 Å². The summed E-state index contributed by atoms with van der Waals surface area (Å²) in [6.07, 6.45) is 0.744. The number of ether oxygens (including phenoxy) is 1. The maximum absolute atomic E-state index is 13.2. The maximum atomic E-state index is 13.2. The minimum atomic E-state index is -0.626. The van der Waals surface area contributed by atoms with Gasteiger partial charge in [-0.2, -0.15) is 0 Å². The lowest BCUT2D eigenvalue weighted by Gasteiger charge is -2.29. The van der Waals surface area contributed by atoms with Gasteiger partial charge < -0.3 is 14.7 Å². The van der Waals surface area contributed by atoms with Crippen molar-refractivity contribution in [3.05, 3.63) is 76.4 Å². The Morgan fingerprint density at radius 2 is 1.60 bits per heavy atom. The molecule has 0 unspecified atom stereocenters. The molecule has 186 valence electrons. The van der Waals surface area contributed by atoms with Crippen LogP contribution in [0.4, 0.5) is 0 Å². The number of amides is 1. The number of nitrogens with zero attached hydrogens (tertiary/aromatic N) is 2. The Balaban J connectivity index is 1.68. The number of benzene rings is 2. The second-order valence-electron chi connectivity index (χ2n) is 10.5. The van der Waals surface area contributed by atoms with Gasteiger partial charge in [-0.3, -0.25) is 14.5 Å². The van der Waals surface area contributed by atoms with E-state index in [0.717, 1.165) is 50.4 Å². The molecular weight excluding hydrogens is 440 g/mol.